The monoisotopic (exact) mass is 456 g/mol. The van der Waals surface area contributed by atoms with Gasteiger partial charge in [0.05, 0.1) is 0 Å². The molecule has 3 aliphatic heterocycles. The summed E-state index contributed by atoms with van der Waals surface area (Å²) in [5, 5.41) is 7.97. The van der Waals surface area contributed by atoms with Crippen LogP contribution in [-0.2, 0) is 16.1 Å². The summed E-state index contributed by atoms with van der Waals surface area (Å²) in [5.41, 5.74) is 6.06. The number of allylic oxidation sites excluding steroid dienone is 1. The van der Waals surface area contributed by atoms with E-state index < -0.39 is 6.17 Å². The first-order chi connectivity index (χ1) is 15.5. The molecule has 0 radical (unpaired) electrons. The average molecular weight is 457 g/mol. The van der Waals surface area contributed by atoms with Gasteiger partial charge in [-0.05, 0) is 61.4 Å². The molecule has 178 valence electrons. The smallest absolute Gasteiger partial charge is 0.258 e. The van der Waals surface area contributed by atoms with Crippen LogP contribution in [0.25, 0.3) is 5.57 Å². The van der Waals surface area contributed by atoms with Crippen LogP contribution < -0.4 is 16.1 Å². The fourth-order valence-corrected chi connectivity index (χ4v) is 4.60. The molecule has 1 saturated heterocycles. The molecule has 8 nitrogen and oxygen atoms in total. The maximum atomic E-state index is 14.3. The molecule has 0 bridgehead atoms. The first kappa shape index (κ1) is 23.3. The number of nitrogens with one attached hydrogen (secondary N) is 3. The van der Waals surface area contributed by atoms with Crippen molar-refractivity contribution in [2.24, 2.45) is 5.41 Å². The predicted octanol–water partition coefficient (Wildman–Crippen LogP) is 1.58. The van der Waals surface area contributed by atoms with E-state index >= 15 is 0 Å². The molecule has 1 aromatic carbocycles. The van der Waals surface area contributed by atoms with Crippen molar-refractivity contribution >= 4 is 17.4 Å². The Morgan fingerprint density at radius 1 is 1.27 bits per heavy atom. The van der Waals surface area contributed by atoms with E-state index in [1.165, 1.54) is 12.1 Å². The van der Waals surface area contributed by atoms with Crippen molar-refractivity contribution in [3.8, 4) is 0 Å². The van der Waals surface area contributed by atoms with Gasteiger partial charge in [-0.15, -0.1) is 0 Å². The highest BCUT2D eigenvalue weighted by atomic mass is 19.1. The van der Waals surface area contributed by atoms with Crippen LogP contribution in [-0.4, -0.2) is 66.1 Å². The van der Waals surface area contributed by atoms with Crippen LogP contribution in [0.5, 0.6) is 0 Å². The van der Waals surface area contributed by atoms with Gasteiger partial charge < -0.3 is 20.5 Å². The molecule has 1 fully saturated rings. The number of nitrogens with zero attached hydrogens (tertiary/aromatic N) is 3. The molecule has 9 heteroatoms. The molecule has 0 aromatic heterocycles. The van der Waals surface area contributed by atoms with E-state index in [2.05, 4.69) is 16.1 Å². The maximum Gasteiger partial charge on any atom is 0.258 e. The third kappa shape index (κ3) is 4.74. The van der Waals surface area contributed by atoms with Crippen molar-refractivity contribution in [3.63, 3.8) is 0 Å². The molecule has 2 atom stereocenters. The van der Waals surface area contributed by atoms with Gasteiger partial charge in [0.1, 0.15) is 12.0 Å². The van der Waals surface area contributed by atoms with Crippen molar-refractivity contribution in [3.05, 3.63) is 53.1 Å². The van der Waals surface area contributed by atoms with E-state index in [1.54, 1.807) is 0 Å². The number of hydrazine groups is 1. The molecule has 0 aliphatic carbocycles. The lowest BCUT2D eigenvalue weighted by atomic mass is 9.92. The highest BCUT2D eigenvalue weighted by Crippen LogP contribution is 2.33. The summed E-state index contributed by atoms with van der Waals surface area (Å²) >= 11 is 0. The van der Waals surface area contributed by atoms with Gasteiger partial charge in [-0.1, -0.05) is 13.8 Å². The second-order valence-corrected chi connectivity index (χ2v) is 9.77. The number of likely N-dealkylation sites (tertiary alicyclic amines) is 1. The Morgan fingerprint density at radius 3 is 2.67 bits per heavy atom. The highest BCUT2D eigenvalue weighted by Gasteiger charge is 2.44. The molecule has 3 N–H and O–H groups in total. The van der Waals surface area contributed by atoms with Crippen molar-refractivity contribution in [1.29, 1.82) is 0 Å². The lowest BCUT2D eigenvalue weighted by Crippen LogP contribution is -2.62. The van der Waals surface area contributed by atoms with Gasteiger partial charge in [-0.3, -0.25) is 14.5 Å². The molecule has 2 amide bonds. The van der Waals surface area contributed by atoms with Gasteiger partial charge in [0.25, 0.3) is 5.91 Å². The summed E-state index contributed by atoms with van der Waals surface area (Å²) in [5.74, 6) is -0.472. The Bertz CT molecular complexity index is 1020. The van der Waals surface area contributed by atoms with Crippen LogP contribution in [0.1, 0.15) is 38.3 Å². The summed E-state index contributed by atoms with van der Waals surface area (Å²) < 4.78 is 14.3. The molecule has 4 rings (SSSR count). The zero-order valence-electron chi connectivity index (χ0n) is 19.9. The minimum absolute atomic E-state index is 0.0955. The highest BCUT2D eigenvalue weighted by molar-refractivity contribution is 5.85. The SMILES string of the molecule is CC1=CC(N2CCC(C)(C)C2=O)N(C)C(C(=O)NCc2cc(F)cc(C3=CN(C)NC3)c2)N1. The number of halogens is 1. The molecular weight excluding hydrogens is 423 g/mol. The first-order valence-electron chi connectivity index (χ1n) is 11.3. The zero-order valence-corrected chi connectivity index (χ0v) is 19.9. The van der Waals surface area contributed by atoms with Gasteiger partial charge in [0, 0.05) is 44.0 Å². The number of carbonyl (C=O) groups is 2. The van der Waals surface area contributed by atoms with Gasteiger partial charge in [0.2, 0.25) is 5.91 Å². The number of hydrogen-bond acceptors (Lipinski definition) is 6. The predicted molar refractivity (Wildman–Crippen MR) is 124 cm³/mol. The van der Waals surface area contributed by atoms with Crippen LogP contribution in [0.4, 0.5) is 4.39 Å². The van der Waals surface area contributed by atoms with Crippen molar-refractivity contribution in [2.75, 3.05) is 27.2 Å². The van der Waals surface area contributed by atoms with Crippen molar-refractivity contribution in [1.82, 2.24) is 30.9 Å². The molecule has 3 aliphatic rings. The number of amides is 2. The largest absolute Gasteiger partial charge is 0.366 e. The Morgan fingerprint density at radius 2 is 2.03 bits per heavy atom. The number of hydrogen-bond donors (Lipinski definition) is 3. The molecule has 0 saturated carbocycles. The molecule has 1 aromatic rings. The lowest BCUT2D eigenvalue weighted by Gasteiger charge is -2.42. The van der Waals surface area contributed by atoms with E-state index in [0.29, 0.717) is 18.7 Å². The minimum atomic E-state index is -0.639. The summed E-state index contributed by atoms with van der Waals surface area (Å²) in [7, 11) is 3.72. The van der Waals surface area contributed by atoms with Crippen LogP contribution in [0, 0.1) is 11.2 Å². The zero-order chi connectivity index (χ0) is 23.9. The fraction of sp³-hybridized carbons (Fsp3) is 0.500. The summed E-state index contributed by atoms with van der Waals surface area (Å²) in [6, 6.07) is 4.84. The molecule has 33 heavy (non-hydrogen) atoms. The fourth-order valence-electron chi connectivity index (χ4n) is 4.60. The van der Waals surface area contributed by atoms with E-state index in [-0.39, 0.29) is 35.8 Å². The van der Waals surface area contributed by atoms with Crippen LogP contribution in [0.2, 0.25) is 0 Å². The van der Waals surface area contributed by atoms with E-state index in [9.17, 15) is 14.0 Å². The summed E-state index contributed by atoms with van der Waals surface area (Å²) in [6.07, 6.45) is 3.75. The average Bonchev–Trinajstić information content (AvgIpc) is 3.30. The van der Waals surface area contributed by atoms with Crippen molar-refractivity contribution < 1.29 is 14.0 Å². The topological polar surface area (TPSA) is 80.0 Å². The Kier molecular flexibility index (Phi) is 6.20. The van der Waals surface area contributed by atoms with E-state index in [0.717, 1.165) is 23.3 Å². The number of rotatable bonds is 5. The Labute approximate surface area is 194 Å². The molecule has 0 spiro atoms. The third-order valence-electron chi connectivity index (χ3n) is 6.64. The number of benzene rings is 1. The van der Waals surface area contributed by atoms with Gasteiger partial charge >= 0.3 is 0 Å². The number of carbonyl (C=O) groups excluding carboxylic acids is 2. The molecular formula is C24H33FN6O2. The van der Waals surface area contributed by atoms with E-state index in [1.807, 2.05) is 68.0 Å². The molecule has 2 unspecified atom stereocenters. The van der Waals surface area contributed by atoms with Gasteiger partial charge in [-0.2, -0.15) is 0 Å². The van der Waals surface area contributed by atoms with E-state index in [4.69, 9.17) is 0 Å². The second-order valence-electron chi connectivity index (χ2n) is 9.77. The Balaban J connectivity index is 1.45. The van der Waals surface area contributed by atoms with Crippen molar-refractivity contribution in [2.45, 2.75) is 46.1 Å². The second kappa shape index (κ2) is 8.79. The summed E-state index contributed by atoms with van der Waals surface area (Å²) in [4.78, 5) is 29.7. The van der Waals surface area contributed by atoms with Crippen LogP contribution in [0.3, 0.4) is 0 Å². The minimum Gasteiger partial charge on any atom is -0.366 e. The Hall–Kier alpha value is -2.91. The summed E-state index contributed by atoms with van der Waals surface area (Å²) in [6.45, 7) is 7.30. The first-order valence-corrected chi connectivity index (χ1v) is 11.3. The number of likely N-dealkylation sites (N-methyl/N-ethyl adjacent to an activating group) is 1. The molecule has 3 heterocycles. The normalized spacial score (nSPS) is 25.1. The third-order valence-corrected chi connectivity index (χ3v) is 6.64. The van der Waals surface area contributed by atoms with Gasteiger partial charge in [0.15, 0.2) is 6.17 Å². The standard InChI is InChI=1S/C24H33FN6O2/c1-15-8-20(31-7-6-24(2,3)23(31)33)30(5)21(28-15)22(32)26-12-16-9-17(11-19(25)10-16)18-13-27-29(4)14-18/h8-11,14,20-21,27-28H,6-7,12-13H2,1-5H3,(H,26,32). The quantitative estimate of drug-likeness (QED) is 0.625. The van der Waals surface area contributed by atoms with Crippen LogP contribution in [0.15, 0.2) is 36.2 Å². The van der Waals surface area contributed by atoms with Gasteiger partial charge in [-0.25, -0.2) is 9.82 Å². The van der Waals surface area contributed by atoms with Crippen LogP contribution >= 0.6 is 0 Å². The lowest BCUT2D eigenvalue weighted by molar-refractivity contribution is -0.142. The maximum absolute atomic E-state index is 14.3.